The van der Waals surface area contributed by atoms with Crippen LogP contribution in [0.5, 0.6) is 5.75 Å². The van der Waals surface area contributed by atoms with Crippen molar-refractivity contribution in [3.8, 4) is 5.75 Å². The highest BCUT2D eigenvalue weighted by Crippen LogP contribution is 2.42. The molecule has 5 nitrogen and oxygen atoms in total. The van der Waals surface area contributed by atoms with Gasteiger partial charge in [0.05, 0.1) is 13.2 Å². The Bertz CT molecular complexity index is 837. The van der Waals surface area contributed by atoms with E-state index in [1.807, 2.05) is 30.9 Å². The second kappa shape index (κ2) is 9.09. The first-order valence-corrected chi connectivity index (χ1v) is 10.9. The molecule has 2 aromatic rings. The van der Waals surface area contributed by atoms with E-state index >= 15 is 0 Å². The van der Waals surface area contributed by atoms with E-state index in [4.69, 9.17) is 9.47 Å². The fourth-order valence-corrected chi connectivity index (χ4v) is 4.99. The fourth-order valence-electron chi connectivity index (χ4n) is 4.99. The predicted octanol–water partition coefficient (Wildman–Crippen LogP) is 4.53. The van der Waals surface area contributed by atoms with Gasteiger partial charge in [0.2, 0.25) is 0 Å². The van der Waals surface area contributed by atoms with Crippen LogP contribution in [0.1, 0.15) is 37.3 Å². The SMILES string of the molecule is COc1ccc([C@H]2CN(Cc3ccccc3)[C@@H]3CCN(C(=O)OC(C)C)C[C@H]23)cc1. The number of methoxy groups -OCH3 is 1. The minimum absolute atomic E-state index is 0.0919. The molecule has 2 fully saturated rings. The summed E-state index contributed by atoms with van der Waals surface area (Å²) >= 11 is 0. The van der Waals surface area contributed by atoms with Crippen molar-refractivity contribution in [2.75, 3.05) is 26.7 Å². The van der Waals surface area contributed by atoms with Gasteiger partial charge in [-0.3, -0.25) is 4.90 Å². The molecule has 0 N–H and O–H groups in total. The fraction of sp³-hybridized carbons (Fsp3) is 0.480. The molecule has 30 heavy (non-hydrogen) atoms. The average molecular weight is 409 g/mol. The summed E-state index contributed by atoms with van der Waals surface area (Å²) in [6, 6.07) is 19.6. The van der Waals surface area contributed by atoms with E-state index in [1.165, 1.54) is 11.1 Å². The summed E-state index contributed by atoms with van der Waals surface area (Å²) in [7, 11) is 1.70. The first kappa shape index (κ1) is 20.7. The summed E-state index contributed by atoms with van der Waals surface area (Å²) in [5.74, 6) is 1.66. The minimum atomic E-state index is -0.182. The molecule has 2 heterocycles. The van der Waals surface area contributed by atoms with E-state index in [0.717, 1.165) is 38.3 Å². The molecule has 3 atom stereocenters. The molecule has 0 radical (unpaired) electrons. The van der Waals surface area contributed by atoms with Crippen LogP contribution in [0.3, 0.4) is 0 Å². The summed E-state index contributed by atoms with van der Waals surface area (Å²) in [5.41, 5.74) is 2.66. The quantitative estimate of drug-likeness (QED) is 0.729. The molecular weight excluding hydrogens is 376 g/mol. The lowest BCUT2D eigenvalue weighted by Gasteiger charge is -2.38. The summed E-state index contributed by atoms with van der Waals surface area (Å²) < 4.78 is 10.8. The van der Waals surface area contributed by atoms with Crippen LogP contribution < -0.4 is 4.74 Å². The maximum atomic E-state index is 12.6. The number of carbonyl (C=O) groups excluding carboxylic acids is 1. The number of ether oxygens (including phenoxy) is 2. The van der Waals surface area contributed by atoms with Crippen LogP contribution in [0, 0.1) is 5.92 Å². The van der Waals surface area contributed by atoms with Gasteiger partial charge in [-0.05, 0) is 43.5 Å². The molecule has 0 bridgehead atoms. The summed E-state index contributed by atoms with van der Waals surface area (Å²) in [6.07, 6.45) is 0.710. The lowest BCUT2D eigenvalue weighted by molar-refractivity contribution is 0.0497. The summed E-state index contributed by atoms with van der Waals surface area (Å²) in [5, 5.41) is 0. The van der Waals surface area contributed by atoms with E-state index in [-0.39, 0.29) is 12.2 Å². The largest absolute Gasteiger partial charge is 0.497 e. The molecule has 0 aliphatic carbocycles. The minimum Gasteiger partial charge on any atom is -0.497 e. The molecular formula is C25H32N2O3. The Morgan fingerprint density at radius 2 is 1.80 bits per heavy atom. The third-order valence-corrected chi connectivity index (χ3v) is 6.40. The van der Waals surface area contributed by atoms with Crippen molar-refractivity contribution < 1.29 is 14.3 Å². The Hall–Kier alpha value is -2.53. The number of nitrogens with zero attached hydrogens (tertiary/aromatic N) is 2. The molecule has 0 spiro atoms. The molecule has 1 amide bonds. The van der Waals surface area contributed by atoms with E-state index < -0.39 is 0 Å². The predicted molar refractivity (Wildman–Crippen MR) is 118 cm³/mol. The van der Waals surface area contributed by atoms with Crippen molar-refractivity contribution in [1.82, 2.24) is 9.80 Å². The Labute approximate surface area is 179 Å². The van der Waals surface area contributed by atoms with Gasteiger partial charge < -0.3 is 14.4 Å². The highest BCUT2D eigenvalue weighted by molar-refractivity contribution is 5.68. The maximum absolute atomic E-state index is 12.6. The molecule has 0 unspecified atom stereocenters. The van der Waals surface area contributed by atoms with Crippen LogP contribution in [0.2, 0.25) is 0 Å². The standard InChI is InChI=1S/C25H32N2O3/c1-18(2)30-25(28)26-14-13-24-23(17-26)22(20-9-11-21(29-3)12-10-20)16-27(24)15-19-7-5-4-6-8-19/h4-12,18,22-24H,13-17H2,1-3H3/t22-,23-,24-/m1/s1. The van der Waals surface area contributed by atoms with E-state index in [2.05, 4.69) is 47.4 Å². The Kier molecular flexibility index (Phi) is 6.28. The molecule has 2 aliphatic heterocycles. The number of hydrogen-bond acceptors (Lipinski definition) is 4. The highest BCUT2D eigenvalue weighted by atomic mass is 16.6. The number of fused-ring (bicyclic) bond motifs is 1. The van der Waals surface area contributed by atoms with Crippen LogP contribution in [0.25, 0.3) is 0 Å². The van der Waals surface area contributed by atoms with Crippen molar-refractivity contribution in [3.05, 3.63) is 65.7 Å². The van der Waals surface area contributed by atoms with E-state index in [9.17, 15) is 4.79 Å². The normalized spacial score (nSPS) is 24.0. The van der Waals surface area contributed by atoms with Crippen molar-refractivity contribution >= 4 is 6.09 Å². The Morgan fingerprint density at radius 1 is 1.07 bits per heavy atom. The molecule has 2 saturated heterocycles. The molecule has 160 valence electrons. The first-order valence-electron chi connectivity index (χ1n) is 10.9. The van der Waals surface area contributed by atoms with Crippen LogP contribution in [-0.2, 0) is 11.3 Å². The third-order valence-electron chi connectivity index (χ3n) is 6.40. The maximum Gasteiger partial charge on any atom is 0.410 e. The van der Waals surface area contributed by atoms with Crippen molar-refractivity contribution in [2.45, 2.75) is 44.9 Å². The van der Waals surface area contributed by atoms with Gasteiger partial charge in [-0.1, -0.05) is 42.5 Å². The average Bonchev–Trinajstić information content (AvgIpc) is 3.11. The van der Waals surface area contributed by atoms with Gasteiger partial charge in [-0.15, -0.1) is 0 Å². The molecule has 2 aliphatic rings. The number of carbonyl (C=O) groups is 1. The summed E-state index contributed by atoms with van der Waals surface area (Å²) in [6.45, 7) is 7.27. The zero-order valence-corrected chi connectivity index (χ0v) is 18.2. The zero-order valence-electron chi connectivity index (χ0n) is 18.2. The summed E-state index contributed by atoms with van der Waals surface area (Å²) in [4.78, 5) is 17.1. The topological polar surface area (TPSA) is 42.0 Å². The molecule has 4 rings (SSSR count). The van der Waals surface area contributed by atoms with E-state index in [1.54, 1.807) is 7.11 Å². The monoisotopic (exact) mass is 408 g/mol. The first-order chi connectivity index (χ1) is 14.5. The lowest BCUT2D eigenvalue weighted by Crippen LogP contribution is -2.49. The molecule has 0 saturated carbocycles. The Balaban J connectivity index is 1.56. The zero-order chi connectivity index (χ0) is 21.1. The Morgan fingerprint density at radius 3 is 2.47 bits per heavy atom. The van der Waals surface area contributed by atoms with Gasteiger partial charge in [0.1, 0.15) is 5.75 Å². The van der Waals surface area contributed by atoms with Gasteiger partial charge in [0.25, 0.3) is 0 Å². The molecule has 5 heteroatoms. The lowest BCUT2D eigenvalue weighted by atomic mass is 9.82. The van der Waals surface area contributed by atoms with Crippen LogP contribution in [-0.4, -0.2) is 54.8 Å². The van der Waals surface area contributed by atoms with Gasteiger partial charge in [-0.25, -0.2) is 4.79 Å². The van der Waals surface area contributed by atoms with Gasteiger partial charge in [-0.2, -0.15) is 0 Å². The van der Waals surface area contributed by atoms with Crippen molar-refractivity contribution in [3.63, 3.8) is 0 Å². The van der Waals surface area contributed by atoms with Crippen LogP contribution in [0.4, 0.5) is 4.79 Å². The van der Waals surface area contributed by atoms with Crippen molar-refractivity contribution in [2.24, 2.45) is 5.92 Å². The molecule has 0 aromatic heterocycles. The number of hydrogen-bond donors (Lipinski definition) is 0. The number of likely N-dealkylation sites (tertiary alicyclic amines) is 2. The number of piperidine rings is 1. The second-order valence-electron chi connectivity index (χ2n) is 8.69. The second-order valence-corrected chi connectivity index (χ2v) is 8.69. The van der Waals surface area contributed by atoms with Gasteiger partial charge >= 0.3 is 6.09 Å². The smallest absolute Gasteiger partial charge is 0.410 e. The van der Waals surface area contributed by atoms with Crippen LogP contribution in [0.15, 0.2) is 54.6 Å². The van der Waals surface area contributed by atoms with Gasteiger partial charge in [0, 0.05) is 44.1 Å². The molecule has 2 aromatic carbocycles. The number of amides is 1. The highest BCUT2D eigenvalue weighted by Gasteiger charge is 2.46. The van der Waals surface area contributed by atoms with Crippen LogP contribution >= 0.6 is 0 Å². The van der Waals surface area contributed by atoms with Crippen molar-refractivity contribution in [1.29, 1.82) is 0 Å². The number of rotatable bonds is 5. The van der Waals surface area contributed by atoms with E-state index in [0.29, 0.717) is 17.9 Å². The van der Waals surface area contributed by atoms with Gasteiger partial charge in [0.15, 0.2) is 0 Å². The third kappa shape index (κ3) is 4.46. The number of benzene rings is 2.